The van der Waals surface area contributed by atoms with Crippen LogP contribution < -0.4 is 10.1 Å². The molecule has 6 heteroatoms. The van der Waals surface area contributed by atoms with E-state index in [9.17, 15) is 0 Å². The van der Waals surface area contributed by atoms with Crippen LogP contribution in [0.2, 0.25) is 4.34 Å². The van der Waals surface area contributed by atoms with Gasteiger partial charge in [-0.2, -0.15) is 0 Å². The Bertz CT molecular complexity index is 602. The van der Waals surface area contributed by atoms with Gasteiger partial charge in [-0.05, 0) is 17.7 Å². The Kier molecular flexibility index (Phi) is 4.07. The highest BCUT2D eigenvalue weighted by Gasteiger charge is 2.17. The van der Waals surface area contributed by atoms with Crippen LogP contribution >= 0.6 is 38.9 Å². The minimum absolute atomic E-state index is 0.721. The highest BCUT2D eigenvalue weighted by molar-refractivity contribution is 9.10. The van der Waals surface area contributed by atoms with Crippen molar-refractivity contribution >= 4 is 38.9 Å². The molecule has 0 bridgehead atoms. The van der Waals surface area contributed by atoms with Gasteiger partial charge in [-0.3, -0.25) is 0 Å². The summed E-state index contributed by atoms with van der Waals surface area (Å²) in [4.78, 5) is 4.22. The van der Waals surface area contributed by atoms with Crippen molar-refractivity contribution in [2.45, 2.75) is 19.5 Å². The largest absolute Gasteiger partial charge is 0.493 e. The number of benzene rings is 1. The van der Waals surface area contributed by atoms with E-state index >= 15 is 0 Å². The maximum absolute atomic E-state index is 5.86. The molecule has 0 aliphatic carbocycles. The first-order valence-corrected chi connectivity index (χ1v) is 7.96. The molecule has 1 aliphatic rings. The van der Waals surface area contributed by atoms with Gasteiger partial charge in [0.2, 0.25) is 0 Å². The van der Waals surface area contributed by atoms with Gasteiger partial charge in [0, 0.05) is 29.5 Å². The van der Waals surface area contributed by atoms with Crippen molar-refractivity contribution in [1.82, 2.24) is 10.3 Å². The summed E-state index contributed by atoms with van der Waals surface area (Å²) in [5.41, 5.74) is 2.47. The third kappa shape index (κ3) is 3.11. The van der Waals surface area contributed by atoms with E-state index in [4.69, 9.17) is 16.3 Å². The topological polar surface area (TPSA) is 34.2 Å². The van der Waals surface area contributed by atoms with E-state index in [-0.39, 0.29) is 0 Å². The predicted molar refractivity (Wildman–Crippen MR) is 81.0 cm³/mol. The van der Waals surface area contributed by atoms with Crippen molar-refractivity contribution in [3.63, 3.8) is 0 Å². The number of fused-ring (bicyclic) bond motifs is 1. The summed E-state index contributed by atoms with van der Waals surface area (Å²) in [5.74, 6) is 1.04. The average Bonchev–Trinajstić information content (AvgIpc) is 2.98. The van der Waals surface area contributed by atoms with Crippen LogP contribution in [0.3, 0.4) is 0 Å². The van der Waals surface area contributed by atoms with Gasteiger partial charge in [-0.25, -0.2) is 4.98 Å². The molecule has 1 aromatic carbocycles. The van der Waals surface area contributed by atoms with Crippen LogP contribution in [0.15, 0.2) is 22.8 Å². The molecule has 0 saturated carbocycles. The van der Waals surface area contributed by atoms with E-state index < -0.39 is 0 Å². The van der Waals surface area contributed by atoms with E-state index in [2.05, 4.69) is 38.4 Å². The zero-order valence-electron chi connectivity index (χ0n) is 10.1. The molecule has 0 fully saturated rings. The summed E-state index contributed by atoms with van der Waals surface area (Å²) in [5, 5.41) is 4.37. The van der Waals surface area contributed by atoms with Crippen molar-refractivity contribution in [2.75, 3.05) is 6.61 Å². The zero-order chi connectivity index (χ0) is 13.2. The van der Waals surface area contributed by atoms with E-state index in [1.54, 1.807) is 6.20 Å². The van der Waals surface area contributed by atoms with Crippen LogP contribution in [0.25, 0.3) is 0 Å². The molecule has 2 aromatic rings. The molecular weight excluding hydrogens is 348 g/mol. The smallest absolute Gasteiger partial charge is 0.127 e. The Hall–Kier alpha value is -0.620. The number of nitrogens with one attached hydrogen (secondary N) is 1. The van der Waals surface area contributed by atoms with Gasteiger partial charge in [-0.15, -0.1) is 11.3 Å². The number of hydrogen-bond donors (Lipinski definition) is 1. The van der Waals surface area contributed by atoms with Gasteiger partial charge >= 0.3 is 0 Å². The fraction of sp³-hybridized carbons (Fsp3) is 0.308. The lowest BCUT2D eigenvalue weighted by molar-refractivity contribution is 0.352. The lowest BCUT2D eigenvalue weighted by Crippen LogP contribution is -2.13. The summed E-state index contributed by atoms with van der Waals surface area (Å²) in [6.07, 6.45) is 2.67. The number of rotatable bonds is 4. The molecule has 0 spiro atoms. The monoisotopic (exact) mass is 358 g/mol. The van der Waals surface area contributed by atoms with E-state index in [1.165, 1.54) is 22.5 Å². The second-order valence-corrected chi connectivity index (χ2v) is 6.98. The number of aromatic nitrogens is 1. The average molecular weight is 360 g/mol. The molecule has 3 nitrogen and oxygen atoms in total. The minimum Gasteiger partial charge on any atom is -0.493 e. The lowest BCUT2D eigenvalue weighted by Gasteiger charge is -2.09. The van der Waals surface area contributed by atoms with E-state index in [1.807, 2.05) is 0 Å². The Morgan fingerprint density at radius 3 is 3.11 bits per heavy atom. The second kappa shape index (κ2) is 5.79. The first kappa shape index (κ1) is 13.4. The number of halogens is 2. The fourth-order valence-corrected chi connectivity index (χ4v) is 3.63. The third-order valence-electron chi connectivity index (χ3n) is 2.94. The van der Waals surface area contributed by atoms with Crippen LogP contribution in [0, 0.1) is 0 Å². The number of ether oxygens (including phenoxy) is 1. The molecule has 0 unspecified atom stereocenters. The highest BCUT2D eigenvalue weighted by atomic mass is 79.9. The van der Waals surface area contributed by atoms with Crippen molar-refractivity contribution in [3.05, 3.63) is 43.3 Å². The number of nitrogens with zero attached hydrogens (tertiary/aromatic N) is 1. The summed E-state index contributed by atoms with van der Waals surface area (Å²) in [6, 6.07) is 4.23. The van der Waals surface area contributed by atoms with Crippen LogP contribution in [0.5, 0.6) is 5.75 Å². The summed E-state index contributed by atoms with van der Waals surface area (Å²) >= 11 is 10.9. The third-order valence-corrected chi connectivity index (χ3v) is 4.52. The SMILES string of the molecule is Clc1cnc(CNCc2cc(Br)cc3c2OCC3)s1. The quantitative estimate of drug-likeness (QED) is 0.902. The maximum Gasteiger partial charge on any atom is 0.127 e. The number of hydrogen-bond acceptors (Lipinski definition) is 4. The Balaban J connectivity index is 1.67. The molecule has 0 saturated heterocycles. The normalized spacial score (nSPS) is 13.4. The molecule has 1 aromatic heterocycles. The zero-order valence-corrected chi connectivity index (χ0v) is 13.2. The van der Waals surface area contributed by atoms with Crippen molar-refractivity contribution in [2.24, 2.45) is 0 Å². The Morgan fingerprint density at radius 2 is 2.32 bits per heavy atom. The molecule has 1 N–H and O–H groups in total. The maximum atomic E-state index is 5.86. The second-order valence-electron chi connectivity index (χ2n) is 4.31. The number of thiazole rings is 1. The van der Waals surface area contributed by atoms with Crippen LogP contribution in [0.4, 0.5) is 0 Å². The molecule has 2 heterocycles. The molecule has 3 rings (SSSR count). The molecular formula is C13H12BrClN2OS. The lowest BCUT2D eigenvalue weighted by atomic mass is 10.1. The van der Waals surface area contributed by atoms with E-state index in [0.717, 1.165) is 45.7 Å². The molecule has 100 valence electrons. The van der Waals surface area contributed by atoms with Gasteiger partial charge in [0.05, 0.1) is 12.8 Å². The Morgan fingerprint density at radius 1 is 1.42 bits per heavy atom. The van der Waals surface area contributed by atoms with Gasteiger partial charge < -0.3 is 10.1 Å². The van der Waals surface area contributed by atoms with E-state index in [0.29, 0.717) is 0 Å². The summed E-state index contributed by atoms with van der Waals surface area (Å²) in [6.45, 7) is 2.26. The molecule has 19 heavy (non-hydrogen) atoms. The fourth-order valence-electron chi connectivity index (χ4n) is 2.15. The van der Waals surface area contributed by atoms with Crippen LogP contribution in [-0.2, 0) is 19.5 Å². The first-order valence-electron chi connectivity index (χ1n) is 5.97. The molecule has 0 atom stereocenters. The molecule has 1 aliphatic heterocycles. The van der Waals surface area contributed by atoms with Crippen molar-refractivity contribution in [3.8, 4) is 5.75 Å². The van der Waals surface area contributed by atoms with Crippen LogP contribution in [0.1, 0.15) is 16.1 Å². The minimum atomic E-state index is 0.721. The molecule has 0 amide bonds. The predicted octanol–water partition coefficient (Wildman–Crippen LogP) is 3.78. The van der Waals surface area contributed by atoms with Crippen molar-refractivity contribution < 1.29 is 4.74 Å². The van der Waals surface area contributed by atoms with Gasteiger partial charge in [0.1, 0.15) is 15.1 Å². The standard InChI is InChI=1S/C13H12BrClN2OS/c14-10-3-8-1-2-18-13(8)9(4-10)5-16-7-12-17-6-11(15)19-12/h3-4,6,16H,1-2,5,7H2. The molecule has 0 radical (unpaired) electrons. The summed E-state index contributed by atoms with van der Waals surface area (Å²) < 4.78 is 7.52. The van der Waals surface area contributed by atoms with Gasteiger partial charge in [-0.1, -0.05) is 27.5 Å². The van der Waals surface area contributed by atoms with Crippen LogP contribution in [-0.4, -0.2) is 11.6 Å². The van der Waals surface area contributed by atoms with Crippen molar-refractivity contribution in [1.29, 1.82) is 0 Å². The highest BCUT2D eigenvalue weighted by Crippen LogP contribution is 2.32. The Labute approximate surface area is 129 Å². The summed E-state index contributed by atoms with van der Waals surface area (Å²) in [7, 11) is 0. The first-order chi connectivity index (χ1) is 9.22. The van der Waals surface area contributed by atoms with Gasteiger partial charge in [0.25, 0.3) is 0 Å². The van der Waals surface area contributed by atoms with Gasteiger partial charge in [0.15, 0.2) is 0 Å².